The zero-order valence-electron chi connectivity index (χ0n) is 5.94. The first-order chi connectivity index (χ1) is 5.69. The molecule has 1 aromatic rings. The molecule has 0 aromatic heterocycles. The van der Waals surface area contributed by atoms with Crippen molar-refractivity contribution in [1.82, 2.24) is 0 Å². The van der Waals surface area contributed by atoms with Crippen LogP contribution in [0, 0.1) is 11.3 Å². The zero-order valence-corrected chi connectivity index (χ0v) is 9.87. The Morgan fingerprint density at radius 1 is 1.50 bits per heavy atom. The molecule has 4 heteroatoms. The first-order valence-electron chi connectivity index (χ1n) is 3.13. The van der Waals surface area contributed by atoms with Crippen LogP contribution in [-0.2, 0) is 5.33 Å². The van der Waals surface area contributed by atoms with E-state index in [4.69, 9.17) is 16.9 Å². The van der Waals surface area contributed by atoms with Crippen LogP contribution in [-0.4, -0.2) is 0 Å². The molecule has 1 nitrogen and oxygen atoms in total. The van der Waals surface area contributed by atoms with Crippen molar-refractivity contribution in [2.75, 3.05) is 0 Å². The van der Waals surface area contributed by atoms with Crippen molar-refractivity contribution < 1.29 is 0 Å². The number of hydrogen-bond donors (Lipinski definition) is 0. The van der Waals surface area contributed by atoms with Crippen LogP contribution in [0.1, 0.15) is 11.1 Å². The van der Waals surface area contributed by atoms with E-state index in [1.54, 1.807) is 6.07 Å². The normalized spacial score (nSPS) is 9.50. The zero-order chi connectivity index (χ0) is 9.14. The van der Waals surface area contributed by atoms with Crippen LogP contribution in [0.15, 0.2) is 16.6 Å². The smallest absolute Gasteiger partial charge is 0.101 e. The van der Waals surface area contributed by atoms with Crippen molar-refractivity contribution in [3.63, 3.8) is 0 Å². The van der Waals surface area contributed by atoms with Crippen LogP contribution in [0.25, 0.3) is 0 Å². The first-order valence-corrected chi connectivity index (χ1v) is 5.42. The molecular weight excluding hydrogens is 305 g/mol. The molecule has 0 spiro atoms. The van der Waals surface area contributed by atoms with E-state index in [0.717, 1.165) is 10.0 Å². The maximum Gasteiger partial charge on any atom is 0.101 e. The molecule has 1 aromatic carbocycles. The van der Waals surface area contributed by atoms with E-state index in [9.17, 15) is 0 Å². The van der Waals surface area contributed by atoms with Gasteiger partial charge >= 0.3 is 0 Å². The summed E-state index contributed by atoms with van der Waals surface area (Å²) in [5.41, 5.74) is 1.44. The third-order valence-electron chi connectivity index (χ3n) is 1.39. The lowest BCUT2D eigenvalue weighted by Gasteiger charge is -2.02. The fourth-order valence-electron chi connectivity index (χ4n) is 0.857. The average Bonchev–Trinajstić information content (AvgIpc) is 2.03. The van der Waals surface area contributed by atoms with Gasteiger partial charge in [0, 0.05) is 9.80 Å². The van der Waals surface area contributed by atoms with Crippen molar-refractivity contribution in [1.29, 1.82) is 5.26 Å². The Labute approximate surface area is 92.6 Å². The molecule has 0 unspecified atom stereocenters. The van der Waals surface area contributed by atoms with Crippen molar-refractivity contribution in [3.8, 4) is 6.07 Å². The van der Waals surface area contributed by atoms with Gasteiger partial charge in [0.05, 0.1) is 10.6 Å². The Morgan fingerprint density at radius 2 is 2.17 bits per heavy atom. The van der Waals surface area contributed by atoms with E-state index in [2.05, 4.69) is 37.9 Å². The second-order valence-corrected chi connectivity index (χ2v) is 4.05. The van der Waals surface area contributed by atoms with Crippen LogP contribution in [0.5, 0.6) is 0 Å². The minimum Gasteiger partial charge on any atom is -0.192 e. The van der Waals surface area contributed by atoms with E-state index in [1.807, 2.05) is 6.07 Å². The highest BCUT2D eigenvalue weighted by atomic mass is 79.9. The van der Waals surface area contributed by atoms with E-state index in [-0.39, 0.29) is 0 Å². The fourth-order valence-corrected chi connectivity index (χ4v) is 2.22. The van der Waals surface area contributed by atoms with Gasteiger partial charge in [-0.3, -0.25) is 0 Å². The lowest BCUT2D eigenvalue weighted by atomic mass is 10.1. The molecule has 0 aliphatic rings. The Balaban J connectivity index is 3.36. The topological polar surface area (TPSA) is 23.8 Å². The van der Waals surface area contributed by atoms with Gasteiger partial charge in [-0.05, 0) is 17.7 Å². The quantitative estimate of drug-likeness (QED) is 0.723. The van der Waals surface area contributed by atoms with E-state index in [0.29, 0.717) is 15.9 Å². The molecule has 1 rings (SSSR count). The number of nitriles is 1. The molecule has 12 heavy (non-hydrogen) atoms. The monoisotopic (exact) mass is 307 g/mol. The summed E-state index contributed by atoms with van der Waals surface area (Å²) in [5, 5.41) is 9.87. The summed E-state index contributed by atoms with van der Waals surface area (Å²) in [5.74, 6) is 0. The summed E-state index contributed by atoms with van der Waals surface area (Å²) in [6.45, 7) is 0. The van der Waals surface area contributed by atoms with Gasteiger partial charge in [0.15, 0.2) is 0 Å². The maximum atomic E-state index is 8.75. The number of hydrogen-bond acceptors (Lipinski definition) is 1. The highest BCUT2D eigenvalue weighted by molar-refractivity contribution is 9.10. The minimum atomic E-state index is 0.487. The molecule has 0 bridgehead atoms. The minimum absolute atomic E-state index is 0.487. The largest absolute Gasteiger partial charge is 0.192 e. The summed E-state index contributed by atoms with van der Waals surface area (Å²) >= 11 is 12.4. The Kier molecular flexibility index (Phi) is 3.57. The number of nitrogens with zero attached hydrogens (tertiary/aromatic N) is 1. The van der Waals surface area contributed by atoms with Crippen LogP contribution in [0.3, 0.4) is 0 Å². The van der Waals surface area contributed by atoms with Gasteiger partial charge in [-0.15, -0.1) is 0 Å². The lowest BCUT2D eigenvalue weighted by Crippen LogP contribution is -1.87. The van der Waals surface area contributed by atoms with Crippen molar-refractivity contribution in [2.45, 2.75) is 5.33 Å². The van der Waals surface area contributed by atoms with Crippen molar-refractivity contribution in [2.24, 2.45) is 0 Å². The van der Waals surface area contributed by atoms with Crippen molar-refractivity contribution in [3.05, 3.63) is 32.8 Å². The molecule has 0 saturated carbocycles. The first kappa shape index (κ1) is 10.0. The van der Waals surface area contributed by atoms with Gasteiger partial charge in [0.25, 0.3) is 0 Å². The average molecular weight is 309 g/mol. The molecule has 0 saturated heterocycles. The van der Waals surface area contributed by atoms with Crippen LogP contribution < -0.4 is 0 Å². The maximum absolute atomic E-state index is 8.75. The van der Waals surface area contributed by atoms with Crippen molar-refractivity contribution >= 4 is 43.5 Å². The highest BCUT2D eigenvalue weighted by Gasteiger charge is 2.06. The number of halogens is 3. The SMILES string of the molecule is N#Cc1c(Cl)cc(Br)cc1CBr. The van der Waals surface area contributed by atoms with Gasteiger partial charge in [-0.25, -0.2) is 0 Å². The third-order valence-corrected chi connectivity index (χ3v) is 2.75. The molecule has 0 radical (unpaired) electrons. The lowest BCUT2D eigenvalue weighted by molar-refractivity contribution is 1.36. The summed E-state index contributed by atoms with van der Waals surface area (Å²) in [6.07, 6.45) is 0. The van der Waals surface area contributed by atoms with E-state index in [1.165, 1.54) is 0 Å². The molecule has 0 aliphatic carbocycles. The van der Waals surface area contributed by atoms with Crippen LogP contribution in [0.2, 0.25) is 5.02 Å². The molecule has 62 valence electrons. The Hall–Kier alpha value is -0.0400. The molecular formula is C8H4Br2ClN. The van der Waals surface area contributed by atoms with Gasteiger partial charge < -0.3 is 0 Å². The molecule has 0 aliphatic heterocycles. The third kappa shape index (κ3) is 2.01. The van der Waals surface area contributed by atoms with Gasteiger partial charge in [0.1, 0.15) is 6.07 Å². The number of rotatable bonds is 1. The van der Waals surface area contributed by atoms with Gasteiger partial charge in [-0.1, -0.05) is 43.5 Å². The van der Waals surface area contributed by atoms with Crippen LogP contribution in [0.4, 0.5) is 0 Å². The van der Waals surface area contributed by atoms with E-state index < -0.39 is 0 Å². The highest BCUT2D eigenvalue weighted by Crippen LogP contribution is 2.26. The van der Waals surface area contributed by atoms with E-state index >= 15 is 0 Å². The second-order valence-electron chi connectivity index (χ2n) is 2.17. The fraction of sp³-hybridized carbons (Fsp3) is 0.125. The van der Waals surface area contributed by atoms with Gasteiger partial charge in [0.2, 0.25) is 0 Å². The summed E-state index contributed by atoms with van der Waals surface area (Å²) in [4.78, 5) is 0. The Morgan fingerprint density at radius 3 is 2.67 bits per heavy atom. The predicted octanol–water partition coefficient (Wildman–Crippen LogP) is 3.87. The van der Waals surface area contributed by atoms with Gasteiger partial charge in [-0.2, -0.15) is 5.26 Å². The standard InChI is InChI=1S/C8H4Br2ClN/c9-3-5-1-6(10)2-8(11)7(5)4-12/h1-2H,3H2. The summed E-state index contributed by atoms with van der Waals surface area (Å²) < 4.78 is 0.890. The molecule has 0 fully saturated rings. The van der Waals surface area contributed by atoms with Crippen LogP contribution >= 0.6 is 43.5 Å². The summed E-state index contributed by atoms with van der Waals surface area (Å²) in [7, 11) is 0. The number of alkyl halides is 1. The summed E-state index contributed by atoms with van der Waals surface area (Å²) in [6, 6.07) is 5.65. The molecule has 0 N–H and O–H groups in total. The molecule has 0 amide bonds. The predicted molar refractivity (Wildman–Crippen MR) is 56.5 cm³/mol. The molecule has 0 heterocycles. The Bertz CT molecular complexity index is 344. The molecule has 0 atom stereocenters. The second kappa shape index (κ2) is 4.27. The number of benzene rings is 1.